The fourth-order valence-corrected chi connectivity index (χ4v) is 6.06. The van der Waals surface area contributed by atoms with Gasteiger partial charge in [0.15, 0.2) is 0 Å². The monoisotopic (exact) mass is 508 g/mol. The van der Waals surface area contributed by atoms with Crippen LogP contribution in [-0.4, -0.2) is 6.47 Å². The molecule has 0 bridgehead atoms. The molecule has 1 fully saturated rings. The predicted octanol–water partition coefficient (Wildman–Crippen LogP) is 7.51. The van der Waals surface area contributed by atoms with E-state index < -0.39 is 0 Å². The van der Waals surface area contributed by atoms with E-state index in [2.05, 4.69) is 77.6 Å². The first-order chi connectivity index (χ1) is 8.33. The Balaban J connectivity index is 2.97. The van der Waals surface area contributed by atoms with Gasteiger partial charge in [-0.05, 0) is 31.1 Å². The van der Waals surface area contributed by atoms with Crippen LogP contribution < -0.4 is 0 Å². The van der Waals surface area contributed by atoms with Crippen LogP contribution >= 0.6 is 63.7 Å². The Morgan fingerprint density at radius 3 is 1.78 bits per heavy atom. The molecule has 108 valence electrons. The lowest BCUT2D eigenvalue weighted by Gasteiger charge is -2.54. The van der Waals surface area contributed by atoms with Gasteiger partial charge < -0.3 is 0 Å². The molecule has 0 nitrogen and oxygen atoms in total. The molecule has 0 aliphatic heterocycles. The normalized spacial score (nSPS) is 25.0. The van der Waals surface area contributed by atoms with Crippen molar-refractivity contribution in [3.63, 3.8) is 0 Å². The molecule has 0 atom stereocenters. The topological polar surface area (TPSA) is 0 Å². The Kier molecular flexibility index (Phi) is 7.25. The summed E-state index contributed by atoms with van der Waals surface area (Å²) < 4.78 is -0.0880. The molecule has 1 saturated carbocycles. The molecule has 0 spiro atoms. The van der Waals surface area contributed by atoms with Crippen molar-refractivity contribution in [2.24, 2.45) is 5.41 Å². The maximum absolute atomic E-state index is 4.02. The first kappa shape index (κ1) is 18.0. The van der Waals surface area contributed by atoms with Crippen LogP contribution in [0.15, 0.2) is 0 Å². The molecule has 0 aromatic carbocycles. The third kappa shape index (κ3) is 3.57. The number of rotatable bonds is 6. The Morgan fingerprint density at radius 2 is 1.33 bits per heavy atom. The number of halogens is 4. The number of alkyl halides is 4. The number of unbranched alkanes of at least 4 members (excludes halogenated alkanes) is 2. The first-order valence-electron chi connectivity index (χ1n) is 7.08. The Hall–Kier alpha value is 1.92. The van der Waals surface area contributed by atoms with Gasteiger partial charge in [0.1, 0.15) is 6.47 Å². The predicted molar refractivity (Wildman–Crippen MR) is 96.5 cm³/mol. The molecule has 0 saturated heterocycles. The van der Waals surface area contributed by atoms with Crippen molar-refractivity contribution in [1.29, 1.82) is 0 Å². The van der Waals surface area contributed by atoms with Gasteiger partial charge in [0, 0.05) is 0 Å². The highest BCUT2D eigenvalue weighted by atomic mass is 79.9. The van der Waals surface area contributed by atoms with E-state index in [0.29, 0.717) is 5.41 Å². The molecule has 4 heteroatoms. The second-order valence-electron chi connectivity index (χ2n) is 5.62. The van der Waals surface area contributed by atoms with E-state index in [0.717, 1.165) is 6.42 Å². The molecule has 0 N–H and O–H groups in total. The van der Waals surface area contributed by atoms with Crippen molar-refractivity contribution >= 4 is 63.7 Å². The average Bonchev–Trinajstić information content (AvgIpc) is 2.30. The van der Waals surface area contributed by atoms with E-state index in [1.165, 1.54) is 51.4 Å². The number of hydrogen-bond acceptors (Lipinski definition) is 0. The first-order valence-corrected chi connectivity index (χ1v) is 10.3. The van der Waals surface area contributed by atoms with Crippen molar-refractivity contribution in [3.05, 3.63) is 0 Å². The number of hydrogen-bond donors (Lipinski definition) is 0. The Bertz CT molecular complexity index is 253. The molecule has 0 heterocycles. The van der Waals surface area contributed by atoms with E-state index >= 15 is 0 Å². The van der Waals surface area contributed by atoms with Crippen LogP contribution in [-0.2, 0) is 0 Å². The standard InChI is InChI=1S/C14H24Br4/c1-3-5-8-12(9-6-4-2)10-7-11-13(15,16)14(12,17)18/h3-11H2,1-2H3. The van der Waals surface area contributed by atoms with Crippen molar-refractivity contribution in [2.45, 2.75) is 78.1 Å². The van der Waals surface area contributed by atoms with E-state index in [4.69, 9.17) is 0 Å². The van der Waals surface area contributed by atoms with E-state index in [1.54, 1.807) is 0 Å². The molecular weight excluding hydrogens is 488 g/mol. The van der Waals surface area contributed by atoms with Gasteiger partial charge in [-0.2, -0.15) is 0 Å². The van der Waals surface area contributed by atoms with Crippen LogP contribution in [0.3, 0.4) is 0 Å². The fourth-order valence-electron chi connectivity index (χ4n) is 3.07. The third-order valence-corrected chi connectivity index (χ3v) is 11.4. The van der Waals surface area contributed by atoms with Gasteiger partial charge in [-0.15, -0.1) is 0 Å². The van der Waals surface area contributed by atoms with Crippen LogP contribution in [0.4, 0.5) is 0 Å². The zero-order chi connectivity index (χ0) is 13.9. The summed E-state index contributed by atoms with van der Waals surface area (Å²) in [7, 11) is 0. The average molecular weight is 512 g/mol. The van der Waals surface area contributed by atoms with Crippen LogP contribution in [0.2, 0.25) is 0 Å². The van der Waals surface area contributed by atoms with Crippen LogP contribution in [0.25, 0.3) is 0 Å². The maximum atomic E-state index is 4.02. The molecule has 1 rings (SSSR count). The maximum Gasteiger partial charge on any atom is 0.111 e. The van der Waals surface area contributed by atoms with E-state index in [-0.39, 0.29) is 6.47 Å². The second kappa shape index (κ2) is 7.26. The zero-order valence-electron chi connectivity index (χ0n) is 11.4. The smallest absolute Gasteiger partial charge is 0.0702 e. The molecular formula is C14H24Br4. The lowest BCUT2D eigenvalue weighted by Crippen LogP contribution is -2.53. The van der Waals surface area contributed by atoms with Gasteiger partial charge >= 0.3 is 0 Å². The summed E-state index contributed by atoms with van der Waals surface area (Å²) in [6.45, 7) is 4.58. The zero-order valence-corrected chi connectivity index (χ0v) is 17.7. The Morgan fingerprint density at radius 1 is 0.833 bits per heavy atom. The molecule has 0 amide bonds. The summed E-state index contributed by atoms with van der Waals surface area (Å²) in [4.78, 5) is 0. The van der Waals surface area contributed by atoms with Gasteiger partial charge in [-0.25, -0.2) is 0 Å². The van der Waals surface area contributed by atoms with Gasteiger partial charge in [0.25, 0.3) is 0 Å². The molecule has 0 radical (unpaired) electrons. The van der Waals surface area contributed by atoms with Crippen LogP contribution in [0.1, 0.15) is 71.6 Å². The summed E-state index contributed by atoms with van der Waals surface area (Å²) in [5.74, 6) is 0. The minimum atomic E-state index is -0.0530. The molecule has 1 aliphatic rings. The summed E-state index contributed by atoms with van der Waals surface area (Å²) in [5, 5.41) is 0. The summed E-state index contributed by atoms with van der Waals surface area (Å²) in [5.41, 5.74) is 0.351. The van der Waals surface area contributed by atoms with Gasteiger partial charge in [-0.1, -0.05) is 110 Å². The molecule has 1 aliphatic carbocycles. The molecule has 0 aromatic heterocycles. The highest BCUT2D eigenvalue weighted by Crippen LogP contribution is 2.67. The van der Waals surface area contributed by atoms with Gasteiger partial charge in [0.2, 0.25) is 0 Å². The fraction of sp³-hybridized carbons (Fsp3) is 1.00. The van der Waals surface area contributed by atoms with Crippen molar-refractivity contribution < 1.29 is 0 Å². The van der Waals surface area contributed by atoms with Crippen LogP contribution in [0, 0.1) is 5.41 Å². The summed E-state index contributed by atoms with van der Waals surface area (Å²) >= 11 is 15.8. The molecule has 0 aromatic rings. The SMILES string of the molecule is CCCCC1(CCCC)CCCC(Br)(Br)C1(Br)Br. The quantitative estimate of drug-likeness (QED) is 0.324. The summed E-state index contributed by atoms with van der Waals surface area (Å²) in [6, 6.07) is 0. The molecule has 18 heavy (non-hydrogen) atoms. The van der Waals surface area contributed by atoms with Crippen molar-refractivity contribution in [2.75, 3.05) is 0 Å². The van der Waals surface area contributed by atoms with Crippen LogP contribution in [0.5, 0.6) is 0 Å². The highest BCUT2D eigenvalue weighted by Gasteiger charge is 2.59. The lowest BCUT2D eigenvalue weighted by molar-refractivity contribution is 0.149. The highest BCUT2D eigenvalue weighted by molar-refractivity contribution is 9.30. The second-order valence-corrected chi connectivity index (χ2v) is 12.8. The minimum Gasteiger partial charge on any atom is -0.0702 e. The summed E-state index contributed by atoms with van der Waals surface area (Å²) in [6.07, 6.45) is 11.6. The lowest BCUT2D eigenvalue weighted by atomic mass is 9.67. The van der Waals surface area contributed by atoms with E-state index in [1.807, 2.05) is 0 Å². The molecule has 0 unspecified atom stereocenters. The van der Waals surface area contributed by atoms with Crippen molar-refractivity contribution in [3.8, 4) is 0 Å². The van der Waals surface area contributed by atoms with Gasteiger partial charge in [-0.3, -0.25) is 0 Å². The largest absolute Gasteiger partial charge is 0.111 e. The Labute approximate surface area is 146 Å². The minimum absolute atomic E-state index is 0.0350. The van der Waals surface area contributed by atoms with Gasteiger partial charge in [0.05, 0.1) is 0 Å². The van der Waals surface area contributed by atoms with E-state index in [9.17, 15) is 0 Å². The van der Waals surface area contributed by atoms with Crippen molar-refractivity contribution in [1.82, 2.24) is 0 Å². The third-order valence-electron chi connectivity index (χ3n) is 4.29.